The van der Waals surface area contributed by atoms with E-state index in [0.717, 1.165) is 37.1 Å². The van der Waals surface area contributed by atoms with Crippen LogP contribution >= 0.6 is 0 Å². The maximum atomic E-state index is 13.9. The second kappa shape index (κ2) is 8.43. The van der Waals surface area contributed by atoms with E-state index in [9.17, 15) is 34.8 Å². The number of hydrogen-bond donors (Lipinski definition) is 6. The summed E-state index contributed by atoms with van der Waals surface area (Å²) in [7, 11) is 3.17. The number of Topliss-reactive ketones (excluding diaryl/α,β-unsaturated/α-hetero) is 2. The highest BCUT2D eigenvalue weighted by atomic mass is 16.3. The summed E-state index contributed by atoms with van der Waals surface area (Å²) in [4.78, 5) is 40.6. The molecule has 192 valence electrons. The summed E-state index contributed by atoms with van der Waals surface area (Å²) in [5, 5.41) is 47.9. The minimum absolute atomic E-state index is 0.0904. The first-order chi connectivity index (χ1) is 17.0. The Labute approximate surface area is 208 Å². The summed E-state index contributed by atoms with van der Waals surface area (Å²) >= 11 is 0. The number of benzene rings is 1. The molecule has 0 unspecified atom stereocenters. The second-order valence-electron chi connectivity index (χ2n) is 10.5. The van der Waals surface area contributed by atoms with E-state index in [1.165, 1.54) is 11.0 Å². The fourth-order valence-corrected chi connectivity index (χ4v) is 6.78. The molecule has 7 N–H and O–H groups in total. The molecule has 2 fully saturated rings. The van der Waals surface area contributed by atoms with Crippen molar-refractivity contribution < 1.29 is 34.8 Å². The van der Waals surface area contributed by atoms with Crippen molar-refractivity contribution in [3.63, 3.8) is 0 Å². The van der Waals surface area contributed by atoms with Crippen molar-refractivity contribution in [2.45, 2.75) is 43.2 Å². The molecule has 1 amide bonds. The van der Waals surface area contributed by atoms with E-state index in [4.69, 9.17) is 5.73 Å². The zero-order valence-electron chi connectivity index (χ0n) is 20.2. The predicted molar refractivity (Wildman–Crippen MR) is 129 cm³/mol. The normalized spacial score (nSPS) is 30.8. The lowest BCUT2D eigenvalue weighted by molar-refractivity contribution is -0.153. The fraction of sp³-hybridized carbons (Fsp3) is 0.500. The lowest BCUT2D eigenvalue weighted by Crippen LogP contribution is -2.65. The van der Waals surface area contributed by atoms with Gasteiger partial charge >= 0.3 is 0 Å². The van der Waals surface area contributed by atoms with Gasteiger partial charge in [0.15, 0.2) is 11.4 Å². The van der Waals surface area contributed by atoms with Crippen LogP contribution in [-0.2, 0) is 20.8 Å². The molecule has 1 aromatic rings. The van der Waals surface area contributed by atoms with E-state index in [0.29, 0.717) is 6.42 Å². The molecule has 1 saturated heterocycles. The smallest absolute Gasteiger partial charge is 0.255 e. The van der Waals surface area contributed by atoms with Crippen molar-refractivity contribution in [1.29, 1.82) is 0 Å². The molecule has 1 saturated carbocycles. The lowest BCUT2D eigenvalue weighted by Gasteiger charge is -2.50. The number of phenolic OH excluding ortho intramolecular Hbond substituents is 1. The van der Waals surface area contributed by atoms with Gasteiger partial charge in [-0.15, -0.1) is 0 Å². The molecule has 1 aromatic carbocycles. The molecule has 1 aliphatic heterocycles. The number of aliphatic hydroxyl groups is 3. The van der Waals surface area contributed by atoms with Crippen molar-refractivity contribution in [1.82, 2.24) is 10.2 Å². The van der Waals surface area contributed by atoms with Crippen LogP contribution in [0.15, 0.2) is 29.0 Å². The molecular weight excluding hydrogens is 466 g/mol. The van der Waals surface area contributed by atoms with Gasteiger partial charge in [-0.1, -0.05) is 6.07 Å². The van der Waals surface area contributed by atoms with Gasteiger partial charge < -0.3 is 31.5 Å². The molecule has 0 spiro atoms. The number of amides is 1. The van der Waals surface area contributed by atoms with E-state index < -0.39 is 58.0 Å². The van der Waals surface area contributed by atoms with Crippen LogP contribution in [0.5, 0.6) is 5.75 Å². The third kappa shape index (κ3) is 3.24. The second-order valence-corrected chi connectivity index (χ2v) is 10.5. The molecule has 3 aliphatic carbocycles. The quantitative estimate of drug-likeness (QED) is 0.324. The van der Waals surface area contributed by atoms with Crippen LogP contribution in [0, 0.1) is 11.8 Å². The Kier molecular flexibility index (Phi) is 5.73. The Balaban J connectivity index is 1.70. The lowest BCUT2D eigenvalue weighted by atomic mass is 9.57. The number of nitrogens with one attached hydrogen (secondary N) is 1. The van der Waals surface area contributed by atoms with Gasteiger partial charge in [-0.25, -0.2) is 0 Å². The number of rotatable bonds is 3. The minimum Gasteiger partial charge on any atom is -0.508 e. The zero-order valence-corrected chi connectivity index (χ0v) is 20.2. The molecule has 4 aliphatic rings. The summed E-state index contributed by atoms with van der Waals surface area (Å²) in [5.41, 5.74) is 3.71. The fourth-order valence-electron chi connectivity index (χ4n) is 6.78. The van der Waals surface area contributed by atoms with Gasteiger partial charge in [0.05, 0.1) is 11.6 Å². The van der Waals surface area contributed by atoms with E-state index >= 15 is 0 Å². The summed E-state index contributed by atoms with van der Waals surface area (Å²) in [6.07, 6.45) is 2.20. The number of primary amides is 1. The van der Waals surface area contributed by atoms with E-state index in [-0.39, 0.29) is 29.2 Å². The van der Waals surface area contributed by atoms with Crippen LogP contribution in [0.2, 0.25) is 0 Å². The number of carbonyl (C=O) groups excluding carboxylic acids is 3. The van der Waals surface area contributed by atoms with Crippen LogP contribution in [0.25, 0.3) is 5.76 Å². The third-order valence-corrected chi connectivity index (χ3v) is 8.42. The summed E-state index contributed by atoms with van der Waals surface area (Å²) in [5.74, 6) is -6.11. The summed E-state index contributed by atoms with van der Waals surface area (Å²) < 4.78 is 0. The topological polar surface area (TPSA) is 173 Å². The van der Waals surface area contributed by atoms with Crippen LogP contribution in [0.1, 0.15) is 41.9 Å². The van der Waals surface area contributed by atoms with Crippen LogP contribution < -0.4 is 11.1 Å². The Morgan fingerprint density at radius 1 is 1.11 bits per heavy atom. The minimum atomic E-state index is -2.62. The van der Waals surface area contributed by atoms with Crippen LogP contribution in [0.4, 0.5) is 0 Å². The number of nitrogens with two attached hydrogens (primary N) is 1. The third-order valence-electron chi connectivity index (χ3n) is 8.42. The van der Waals surface area contributed by atoms with E-state index in [1.807, 2.05) is 6.07 Å². The molecular formula is C26H31N3O7. The number of piperidine rings is 1. The molecule has 4 atom stereocenters. The maximum absolute atomic E-state index is 13.9. The number of ketones is 2. The molecule has 10 heteroatoms. The Morgan fingerprint density at radius 2 is 1.78 bits per heavy atom. The molecule has 10 nitrogen and oxygen atoms in total. The Bertz CT molecular complexity index is 1240. The molecule has 1 heterocycles. The number of likely N-dealkylation sites (N-methyl/N-ethyl adjacent to an activating group) is 1. The number of fused-ring (bicyclic) bond motifs is 3. The van der Waals surface area contributed by atoms with Gasteiger partial charge in [-0.3, -0.25) is 19.3 Å². The molecule has 36 heavy (non-hydrogen) atoms. The van der Waals surface area contributed by atoms with Gasteiger partial charge in [-0.05, 0) is 81.9 Å². The molecule has 0 radical (unpaired) electrons. The van der Waals surface area contributed by atoms with E-state index in [1.54, 1.807) is 14.1 Å². The Hall–Kier alpha value is -3.21. The number of aromatic hydroxyl groups is 1. The SMILES string of the molecule is CN(C)[C@H]1C(=O)C(C(N)=O)=C(O)[C@@]2(O)C(=O)C3=C(O)c4c(O)ccc(C5CCNCC5)c4C[C@H]3C[C@@H]12. The van der Waals surface area contributed by atoms with Gasteiger partial charge in [0.25, 0.3) is 5.91 Å². The van der Waals surface area contributed by atoms with Crippen molar-refractivity contribution in [2.24, 2.45) is 17.6 Å². The van der Waals surface area contributed by atoms with Crippen molar-refractivity contribution in [3.05, 3.63) is 45.7 Å². The molecule has 5 rings (SSSR count). The van der Waals surface area contributed by atoms with Crippen LogP contribution in [0.3, 0.4) is 0 Å². The highest BCUT2D eigenvalue weighted by Crippen LogP contribution is 2.53. The van der Waals surface area contributed by atoms with Gasteiger partial charge in [0, 0.05) is 11.5 Å². The Morgan fingerprint density at radius 3 is 2.39 bits per heavy atom. The average Bonchev–Trinajstić information content (AvgIpc) is 2.81. The van der Waals surface area contributed by atoms with Crippen LogP contribution in [-0.4, -0.2) is 81.6 Å². The first-order valence-electron chi connectivity index (χ1n) is 12.2. The van der Waals surface area contributed by atoms with E-state index in [2.05, 4.69) is 5.32 Å². The molecule has 0 aromatic heterocycles. The monoisotopic (exact) mass is 497 g/mol. The highest BCUT2D eigenvalue weighted by molar-refractivity contribution is 6.24. The molecule has 0 bridgehead atoms. The summed E-state index contributed by atoms with van der Waals surface area (Å²) in [6.45, 7) is 1.70. The van der Waals surface area contributed by atoms with Crippen molar-refractivity contribution in [3.8, 4) is 5.75 Å². The number of aliphatic hydroxyl groups excluding tert-OH is 2. The van der Waals surface area contributed by atoms with Crippen molar-refractivity contribution in [2.75, 3.05) is 27.2 Å². The first-order valence-corrected chi connectivity index (χ1v) is 12.2. The van der Waals surface area contributed by atoms with Crippen molar-refractivity contribution >= 4 is 23.2 Å². The highest BCUT2D eigenvalue weighted by Gasteiger charge is 2.64. The zero-order chi connectivity index (χ0) is 26.1. The standard InChI is InChI=1S/C26H31N3O7/c1-29(2)20-15-10-12-9-14-13(11-5-7-28-8-6-11)3-4-16(30)18(14)21(31)17(12)23(33)26(15,36)24(34)19(22(20)32)25(27)35/h3-4,11-12,15,20,28,30-31,34,36H,5-10H2,1-2H3,(H2,27,35)/t12-,15-,20+,26-/m0/s1. The summed E-state index contributed by atoms with van der Waals surface area (Å²) in [6, 6.07) is 2.28. The first kappa shape index (κ1) is 24.5. The largest absolute Gasteiger partial charge is 0.508 e. The number of nitrogens with zero attached hydrogens (tertiary/aromatic N) is 1. The van der Waals surface area contributed by atoms with Gasteiger partial charge in [0.1, 0.15) is 22.8 Å². The average molecular weight is 498 g/mol. The predicted octanol–water partition coefficient (Wildman–Crippen LogP) is 0.431. The number of phenols is 1. The number of carbonyl (C=O) groups is 3. The number of hydrogen-bond acceptors (Lipinski definition) is 9. The van der Waals surface area contributed by atoms with Gasteiger partial charge in [0.2, 0.25) is 5.78 Å². The van der Waals surface area contributed by atoms with Gasteiger partial charge in [-0.2, -0.15) is 0 Å². The maximum Gasteiger partial charge on any atom is 0.255 e.